The molecule has 0 heterocycles. The maximum atomic E-state index is 13.9. The fourth-order valence-corrected chi connectivity index (χ4v) is 8.85. The lowest BCUT2D eigenvalue weighted by molar-refractivity contribution is -0.164. The molecule has 0 spiro atoms. The van der Waals surface area contributed by atoms with Crippen molar-refractivity contribution in [2.75, 3.05) is 59.9 Å². The Hall–Kier alpha value is -5.18. The van der Waals surface area contributed by atoms with Gasteiger partial charge in [-0.25, -0.2) is 0 Å². The molecule has 0 radical (unpaired) electrons. The van der Waals surface area contributed by atoms with Crippen molar-refractivity contribution in [1.82, 2.24) is 30.7 Å². The molecule has 1 saturated carbocycles. The van der Waals surface area contributed by atoms with Crippen LogP contribution in [0.15, 0.2) is 24.3 Å². The number of esters is 5. The highest BCUT2D eigenvalue weighted by Crippen LogP contribution is 2.30. The first-order valence-corrected chi connectivity index (χ1v) is 28.0. The van der Waals surface area contributed by atoms with Gasteiger partial charge in [0.15, 0.2) is 0 Å². The van der Waals surface area contributed by atoms with Crippen LogP contribution in [0.2, 0.25) is 0 Å². The highest BCUT2D eigenvalue weighted by atomic mass is 16.6. The molecule has 4 atom stereocenters. The molecule has 0 saturated heterocycles. The van der Waals surface area contributed by atoms with E-state index in [1.165, 1.54) is 0 Å². The summed E-state index contributed by atoms with van der Waals surface area (Å²) in [5.74, 6) is -3.43. The number of hydrogen-bond acceptors (Lipinski definition) is 17. The fraction of sp³-hybridized carbons (Fsp3) is 0.763. The van der Waals surface area contributed by atoms with Crippen molar-refractivity contribution in [3.05, 3.63) is 35.4 Å². The van der Waals surface area contributed by atoms with Crippen molar-refractivity contribution in [2.24, 2.45) is 0 Å². The van der Waals surface area contributed by atoms with E-state index in [0.29, 0.717) is 51.5 Å². The van der Waals surface area contributed by atoms with Gasteiger partial charge in [-0.05, 0) is 168 Å². The summed E-state index contributed by atoms with van der Waals surface area (Å²) in [6, 6.07) is 6.28. The second kappa shape index (κ2) is 33.5. The molecule has 0 aliphatic heterocycles. The number of carboxylic acid groups (broad SMARTS) is 1. The Morgan fingerprint density at radius 2 is 0.949 bits per heavy atom. The summed E-state index contributed by atoms with van der Waals surface area (Å²) in [5, 5.41) is 16.8. The SMILES string of the molecule is CNC(=O)CCCC(=O)NCCCCC(NC)C(=O)O.Cc1ccc(C[C@H](CN(CC(=O)OC(C)(C)C)[C@H]2CCCC[C@@H]2N(CC(=O)OC(C)(C)C)CC(=O)OC(C)(C)C)N(CC(=O)OC(C)(C)C)CC(=O)OC(C)(C)C)cc1. The monoisotopic (exact) mass is 1120 g/mol. The molecule has 0 bridgehead atoms. The minimum atomic E-state index is -0.856. The van der Waals surface area contributed by atoms with Crippen molar-refractivity contribution in [3.63, 3.8) is 0 Å². The standard InChI is InChI=1S/C46H77N3O10.C13H25N3O4/c1-32-21-23-33(24-22-32)25-34(47(27-37(50)55-42(2,3)4)28-38(51)56-43(5,6)7)26-48(29-39(52)57-44(8,9)10)35-19-17-18-20-36(35)49(30-40(53)58-45(11,12)13)31-41(54)59-46(14,15)16;1-14-10(13(19)20)6-3-4-9-16-12(18)8-5-7-11(17)15-2/h21-24,34-36H,17-20,25-31H2,1-16H3;10,14H,3-9H2,1-2H3,(H,15,17)(H,16,18)(H,19,20)/t34-,35+,36+;/m1./s1. The van der Waals surface area contributed by atoms with Crippen LogP contribution in [-0.2, 0) is 68.5 Å². The quantitative estimate of drug-likeness (QED) is 0.0387. The van der Waals surface area contributed by atoms with E-state index in [-0.39, 0.29) is 63.2 Å². The molecule has 4 N–H and O–H groups in total. The number of rotatable bonds is 28. The normalized spacial score (nSPS) is 16.0. The van der Waals surface area contributed by atoms with Gasteiger partial charge in [0.2, 0.25) is 11.8 Å². The van der Waals surface area contributed by atoms with E-state index in [2.05, 4.69) is 16.0 Å². The van der Waals surface area contributed by atoms with Crippen LogP contribution in [0.5, 0.6) is 0 Å². The molecule has 20 nitrogen and oxygen atoms in total. The van der Waals surface area contributed by atoms with Gasteiger partial charge in [0, 0.05) is 51.1 Å². The number of aryl methyl sites for hydroxylation is 1. The smallest absolute Gasteiger partial charge is 0.320 e. The van der Waals surface area contributed by atoms with E-state index >= 15 is 0 Å². The summed E-state index contributed by atoms with van der Waals surface area (Å²) in [5.41, 5.74) is -1.77. The van der Waals surface area contributed by atoms with E-state index in [1.54, 1.807) is 102 Å². The molecule has 2 amide bonds. The summed E-state index contributed by atoms with van der Waals surface area (Å²) in [6.07, 6.45) is 6.58. The summed E-state index contributed by atoms with van der Waals surface area (Å²) in [6.45, 7) is 28.8. The van der Waals surface area contributed by atoms with Crippen LogP contribution in [0.4, 0.5) is 0 Å². The number of aliphatic carboxylic acids is 1. The molecule has 452 valence electrons. The van der Waals surface area contributed by atoms with Crippen molar-refractivity contribution < 1.29 is 67.1 Å². The minimum Gasteiger partial charge on any atom is -0.480 e. The molecule has 1 aromatic carbocycles. The third-order valence-electron chi connectivity index (χ3n) is 11.9. The lowest BCUT2D eigenvalue weighted by atomic mass is 9.87. The van der Waals surface area contributed by atoms with Crippen LogP contribution >= 0.6 is 0 Å². The van der Waals surface area contributed by atoms with Gasteiger partial charge >= 0.3 is 35.8 Å². The Morgan fingerprint density at radius 3 is 1.34 bits per heavy atom. The average Bonchev–Trinajstić information content (AvgIpc) is 3.26. The Kier molecular flexibility index (Phi) is 30.5. The van der Waals surface area contributed by atoms with Crippen LogP contribution in [0.25, 0.3) is 0 Å². The van der Waals surface area contributed by atoms with Crippen molar-refractivity contribution >= 4 is 47.6 Å². The molecule has 1 aliphatic rings. The third-order valence-corrected chi connectivity index (χ3v) is 11.9. The summed E-state index contributed by atoms with van der Waals surface area (Å²) < 4.78 is 29.0. The molecule has 1 aliphatic carbocycles. The zero-order chi connectivity index (χ0) is 60.5. The lowest BCUT2D eigenvalue weighted by Gasteiger charge is -2.46. The van der Waals surface area contributed by atoms with E-state index < -0.39 is 75.9 Å². The van der Waals surface area contributed by atoms with Crippen LogP contribution in [0.3, 0.4) is 0 Å². The van der Waals surface area contributed by atoms with Gasteiger partial charge < -0.3 is 44.7 Å². The van der Waals surface area contributed by atoms with E-state index in [9.17, 15) is 38.4 Å². The Labute approximate surface area is 472 Å². The zero-order valence-corrected chi connectivity index (χ0v) is 51.4. The highest BCUT2D eigenvalue weighted by Gasteiger charge is 2.40. The van der Waals surface area contributed by atoms with Crippen LogP contribution in [-0.4, -0.2) is 180 Å². The molecule has 1 fully saturated rings. The molecular weight excluding hydrogens is 1020 g/mol. The van der Waals surface area contributed by atoms with Crippen molar-refractivity contribution in [3.8, 4) is 0 Å². The first-order chi connectivity index (χ1) is 36.3. The predicted octanol–water partition coefficient (Wildman–Crippen LogP) is 6.69. The van der Waals surface area contributed by atoms with E-state index in [4.69, 9.17) is 28.8 Å². The number of hydrogen-bond donors (Lipinski definition) is 4. The molecule has 1 unspecified atom stereocenters. The van der Waals surface area contributed by atoms with Gasteiger partial charge in [-0.15, -0.1) is 0 Å². The molecule has 1 aromatic rings. The second-order valence-corrected chi connectivity index (χ2v) is 25.5. The first kappa shape index (κ1) is 71.8. The van der Waals surface area contributed by atoms with Crippen LogP contribution in [0.1, 0.15) is 179 Å². The van der Waals surface area contributed by atoms with Gasteiger partial charge in [0.1, 0.15) is 34.0 Å². The molecular formula is C59H102N6O14. The van der Waals surface area contributed by atoms with Gasteiger partial charge in [-0.2, -0.15) is 0 Å². The van der Waals surface area contributed by atoms with Gasteiger partial charge in [0.25, 0.3) is 0 Å². The number of unbranched alkanes of at least 4 members (excludes halogenated alkanes) is 1. The molecule has 0 aromatic heterocycles. The number of carbonyl (C=O) groups excluding carboxylic acids is 7. The van der Waals surface area contributed by atoms with E-state index in [0.717, 1.165) is 36.8 Å². The number of carbonyl (C=O) groups is 8. The molecule has 79 heavy (non-hydrogen) atoms. The van der Waals surface area contributed by atoms with Gasteiger partial charge in [0.05, 0.1) is 32.7 Å². The third kappa shape index (κ3) is 34.5. The number of carboxylic acids is 1. The second-order valence-electron chi connectivity index (χ2n) is 25.5. The summed E-state index contributed by atoms with van der Waals surface area (Å²) in [7, 11) is 3.19. The largest absolute Gasteiger partial charge is 0.480 e. The number of ether oxygens (including phenoxy) is 5. The van der Waals surface area contributed by atoms with Crippen molar-refractivity contribution in [2.45, 2.75) is 234 Å². The Morgan fingerprint density at radius 1 is 0.557 bits per heavy atom. The van der Waals surface area contributed by atoms with Gasteiger partial charge in [-0.1, -0.05) is 42.7 Å². The Balaban J connectivity index is 0.00000131. The molecule has 2 rings (SSSR count). The zero-order valence-electron chi connectivity index (χ0n) is 51.4. The first-order valence-electron chi connectivity index (χ1n) is 28.0. The maximum absolute atomic E-state index is 13.9. The van der Waals surface area contributed by atoms with Crippen molar-refractivity contribution in [1.29, 1.82) is 0 Å². The average molecular weight is 1120 g/mol. The van der Waals surface area contributed by atoms with Crippen LogP contribution < -0.4 is 16.0 Å². The number of amides is 2. The number of likely N-dealkylation sites (N-methyl/N-ethyl adjacent to an activating group) is 1. The number of nitrogens with one attached hydrogen (secondary N) is 3. The van der Waals surface area contributed by atoms with Gasteiger partial charge in [-0.3, -0.25) is 53.1 Å². The topological polar surface area (TPSA) is 249 Å². The highest BCUT2D eigenvalue weighted by molar-refractivity contribution is 5.79. The number of nitrogens with zero attached hydrogens (tertiary/aromatic N) is 3. The Bertz CT molecular complexity index is 2020. The van der Waals surface area contributed by atoms with E-state index in [1.807, 2.05) is 61.8 Å². The minimum absolute atomic E-state index is 0.0652. The number of benzene rings is 1. The summed E-state index contributed by atoms with van der Waals surface area (Å²) >= 11 is 0. The predicted molar refractivity (Wildman–Crippen MR) is 304 cm³/mol. The maximum Gasteiger partial charge on any atom is 0.320 e. The molecule has 20 heteroatoms. The van der Waals surface area contributed by atoms with Crippen LogP contribution in [0, 0.1) is 6.92 Å². The lowest BCUT2D eigenvalue weighted by Crippen LogP contribution is -2.60. The summed E-state index contributed by atoms with van der Waals surface area (Å²) in [4.78, 5) is 107. The fourth-order valence-electron chi connectivity index (χ4n) is 8.85.